The summed E-state index contributed by atoms with van der Waals surface area (Å²) < 4.78 is 26.0. The summed E-state index contributed by atoms with van der Waals surface area (Å²) in [4.78, 5) is 4.25. The highest BCUT2D eigenvalue weighted by Crippen LogP contribution is 2.25. The maximum Gasteiger partial charge on any atom is 0.252 e. The first-order valence-electron chi connectivity index (χ1n) is 5.11. The summed E-state index contributed by atoms with van der Waals surface area (Å²) >= 11 is 2.64. The van der Waals surface area contributed by atoms with E-state index in [9.17, 15) is 8.42 Å². The van der Waals surface area contributed by atoms with Crippen LogP contribution in [0.3, 0.4) is 0 Å². The van der Waals surface area contributed by atoms with E-state index in [0.717, 1.165) is 22.0 Å². The van der Waals surface area contributed by atoms with Gasteiger partial charge in [0.05, 0.1) is 17.2 Å². The molecule has 2 heterocycles. The summed E-state index contributed by atoms with van der Waals surface area (Å²) in [7, 11) is -1.93. The van der Waals surface area contributed by atoms with Gasteiger partial charge in [0, 0.05) is 23.5 Å². The van der Waals surface area contributed by atoms with Crippen molar-refractivity contribution in [3.05, 3.63) is 27.5 Å². The van der Waals surface area contributed by atoms with Crippen molar-refractivity contribution in [2.45, 2.75) is 17.7 Å². The Labute approximate surface area is 114 Å². The second kappa shape index (κ2) is 4.96. The van der Waals surface area contributed by atoms with Crippen molar-refractivity contribution in [3.8, 4) is 0 Å². The molecule has 98 valence electrons. The summed E-state index contributed by atoms with van der Waals surface area (Å²) in [6.45, 7) is 2.16. The zero-order valence-corrected chi connectivity index (χ0v) is 12.4. The molecule has 2 aromatic heterocycles. The third-order valence-electron chi connectivity index (χ3n) is 2.31. The lowest BCUT2D eigenvalue weighted by Gasteiger charge is -2.14. The molecule has 0 bridgehead atoms. The predicted molar refractivity (Wildman–Crippen MR) is 74.2 cm³/mol. The predicted octanol–water partition coefficient (Wildman–Crippen LogP) is 1.92. The van der Waals surface area contributed by atoms with Gasteiger partial charge in [0.1, 0.15) is 4.21 Å². The lowest BCUT2D eigenvalue weighted by molar-refractivity contribution is 0.464. The standard InChI is InChI=1S/C10H13N3O2S3/c1-7-12-9(6-16-7)4-13(2)18(14,15)10-3-8(11)5-17-10/h3,5-6H,4,11H2,1-2H3. The van der Waals surface area contributed by atoms with Crippen molar-refractivity contribution in [1.82, 2.24) is 9.29 Å². The monoisotopic (exact) mass is 303 g/mol. The Bertz CT molecular complexity index is 645. The topological polar surface area (TPSA) is 76.3 Å². The molecule has 2 rings (SSSR count). The smallest absolute Gasteiger partial charge is 0.252 e. The Balaban J connectivity index is 2.20. The number of anilines is 1. The van der Waals surface area contributed by atoms with E-state index in [4.69, 9.17) is 5.73 Å². The van der Waals surface area contributed by atoms with E-state index in [1.807, 2.05) is 12.3 Å². The van der Waals surface area contributed by atoms with E-state index in [0.29, 0.717) is 5.69 Å². The number of nitrogens with zero attached hydrogens (tertiary/aromatic N) is 2. The molecule has 18 heavy (non-hydrogen) atoms. The highest BCUT2D eigenvalue weighted by molar-refractivity contribution is 7.91. The minimum absolute atomic E-state index is 0.259. The average molecular weight is 303 g/mol. The van der Waals surface area contributed by atoms with Crippen LogP contribution in [0.2, 0.25) is 0 Å². The Hall–Kier alpha value is -0.960. The SMILES string of the molecule is Cc1nc(CN(C)S(=O)(=O)c2cc(N)cs2)cs1. The first-order valence-corrected chi connectivity index (χ1v) is 8.31. The van der Waals surface area contributed by atoms with Gasteiger partial charge in [0.25, 0.3) is 10.0 Å². The van der Waals surface area contributed by atoms with Crippen LogP contribution in [0.1, 0.15) is 10.7 Å². The zero-order chi connectivity index (χ0) is 13.3. The number of nitrogen functional groups attached to an aromatic ring is 1. The van der Waals surface area contributed by atoms with Gasteiger partial charge in [-0.3, -0.25) is 0 Å². The number of rotatable bonds is 4. The molecular formula is C10H13N3O2S3. The summed E-state index contributed by atoms with van der Waals surface area (Å²) in [6, 6.07) is 1.47. The molecule has 5 nitrogen and oxygen atoms in total. The quantitative estimate of drug-likeness (QED) is 0.936. The van der Waals surface area contributed by atoms with Gasteiger partial charge in [-0.1, -0.05) is 0 Å². The zero-order valence-electron chi connectivity index (χ0n) is 9.95. The number of thiazole rings is 1. The van der Waals surface area contributed by atoms with Crippen LogP contribution in [-0.4, -0.2) is 24.8 Å². The van der Waals surface area contributed by atoms with Crippen LogP contribution in [-0.2, 0) is 16.6 Å². The Morgan fingerprint density at radius 3 is 2.61 bits per heavy atom. The van der Waals surface area contributed by atoms with Crippen LogP contribution < -0.4 is 5.73 Å². The van der Waals surface area contributed by atoms with Crippen LogP contribution in [0.15, 0.2) is 21.0 Å². The molecule has 0 atom stereocenters. The molecule has 0 saturated carbocycles. The molecule has 0 saturated heterocycles. The van der Waals surface area contributed by atoms with E-state index in [2.05, 4.69) is 4.98 Å². The number of nitrogens with two attached hydrogens (primary N) is 1. The lowest BCUT2D eigenvalue weighted by Crippen LogP contribution is -2.26. The molecule has 2 aromatic rings. The van der Waals surface area contributed by atoms with Crippen molar-refractivity contribution >= 4 is 38.4 Å². The van der Waals surface area contributed by atoms with Gasteiger partial charge in [0.15, 0.2) is 0 Å². The lowest BCUT2D eigenvalue weighted by atomic mass is 10.5. The number of sulfonamides is 1. The molecule has 2 N–H and O–H groups in total. The van der Waals surface area contributed by atoms with Crippen LogP contribution >= 0.6 is 22.7 Å². The van der Waals surface area contributed by atoms with Crippen LogP contribution in [0.5, 0.6) is 0 Å². The molecule has 0 aliphatic heterocycles. The third kappa shape index (κ3) is 2.72. The maximum atomic E-state index is 12.2. The van der Waals surface area contributed by atoms with Crippen molar-refractivity contribution in [1.29, 1.82) is 0 Å². The van der Waals surface area contributed by atoms with Gasteiger partial charge in [-0.15, -0.1) is 22.7 Å². The van der Waals surface area contributed by atoms with Gasteiger partial charge in [-0.05, 0) is 13.0 Å². The molecule has 0 aliphatic rings. The van der Waals surface area contributed by atoms with E-state index in [1.165, 1.54) is 21.7 Å². The minimum atomic E-state index is -3.47. The number of thiophene rings is 1. The molecule has 0 aromatic carbocycles. The summed E-state index contributed by atoms with van der Waals surface area (Å²) in [5, 5.41) is 4.41. The summed E-state index contributed by atoms with van der Waals surface area (Å²) in [5.41, 5.74) is 6.77. The third-order valence-corrected chi connectivity index (χ3v) is 6.37. The number of aryl methyl sites for hydroxylation is 1. The molecule has 8 heteroatoms. The highest BCUT2D eigenvalue weighted by atomic mass is 32.2. The van der Waals surface area contributed by atoms with Crippen molar-refractivity contribution in [3.63, 3.8) is 0 Å². The fourth-order valence-electron chi connectivity index (χ4n) is 1.41. The maximum absolute atomic E-state index is 12.2. The first-order chi connectivity index (χ1) is 8.39. The van der Waals surface area contributed by atoms with Crippen molar-refractivity contribution in [2.24, 2.45) is 0 Å². The van der Waals surface area contributed by atoms with Crippen molar-refractivity contribution in [2.75, 3.05) is 12.8 Å². The highest BCUT2D eigenvalue weighted by Gasteiger charge is 2.23. The largest absolute Gasteiger partial charge is 0.398 e. The van der Waals surface area contributed by atoms with E-state index < -0.39 is 10.0 Å². The van der Waals surface area contributed by atoms with Crippen LogP contribution in [0, 0.1) is 6.92 Å². The second-order valence-corrected chi connectivity index (χ2v) is 8.06. The fourth-order valence-corrected chi connectivity index (χ4v) is 4.45. The van der Waals surface area contributed by atoms with Gasteiger partial charge >= 0.3 is 0 Å². The molecule has 0 spiro atoms. The Morgan fingerprint density at radius 1 is 1.39 bits per heavy atom. The molecule has 0 amide bonds. The number of aromatic nitrogens is 1. The van der Waals surface area contributed by atoms with Gasteiger partial charge in [0.2, 0.25) is 0 Å². The second-order valence-electron chi connectivity index (χ2n) is 3.82. The molecule has 0 fully saturated rings. The minimum Gasteiger partial charge on any atom is -0.398 e. The van der Waals surface area contributed by atoms with Crippen LogP contribution in [0.25, 0.3) is 0 Å². The van der Waals surface area contributed by atoms with E-state index in [1.54, 1.807) is 12.4 Å². The first kappa shape index (κ1) is 13.5. The molecule has 0 aliphatic carbocycles. The van der Waals surface area contributed by atoms with Crippen LogP contribution in [0.4, 0.5) is 5.69 Å². The van der Waals surface area contributed by atoms with E-state index in [-0.39, 0.29) is 10.8 Å². The Morgan fingerprint density at radius 2 is 2.11 bits per heavy atom. The normalized spacial score (nSPS) is 12.2. The Kier molecular flexibility index (Phi) is 3.71. The summed E-state index contributed by atoms with van der Waals surface area (Å²) in [6.07, 6.45) is 0. The van der Waals surface area contributed by atoms with Gasteiger partial charge < -0.3 is 5.73 Å². The molecular weight excluding hydrogens is 290 g/mol. The number of hydrogen-bond donors (Lipinski definition) is 1. The number of hydrogen-bond acceptors (Lipinski definition) is 6. The van der Waals surface area contributed by atoms with E-state index >= 15 is 0 Å². The fraction of sp³-hybridized carbons (Fsp3) is 0.300. The molecule has 0 radical (unpaired) electrons. The van der Waals surface area contributed by atoms with Gasteiger partial charge in [-0.2, -0.15) is 4.31 Å². The van der Waals surface area contributed by atoms with Gasteiger partial charge in [-0.25, -0.2) is 13.4 Å². The summed E-state index contributed by atoms with van der Waals surface area (Å²) in [5.74, 6) is 0. The average Bonchev–Trinajstić information content (AvgIpc) is 2.88. The molecule has 0 unspecified atom stereocenters. The van der Waals surface area contributed by atoms with Crippen molar-refractivity contribution < 1.29 is 8.42 Å².